The van der Waals surface area contributed by atoms with E-state index in [0.717, 1.165) is 42.3 Å². The summed E-state index contributed by atoms with van der Waals surface area (Å²) in [5, 5.41) is 19.0. The molecule has 1 aliphatic heterocycles. The fraction of sp³-hybridized carbons (Fsp3) is 0.423. The maximum Gasteiger partial charge on any atom is 0.277 e. The van der Waals surface area contributed by atoms with E-state index in [-0.39, 0.29) is 23.7 Å². The lowest BCUT2D eigenvalue weighted by Crippen LogP contribution is -2.57. The van der Waals surface area contributed by atoms with Gasteiger partial charge in [0.2, 0.25) is 0 Å². The van der Waals surface area contributed by atoms with Crippen LogP contribution in [0.2, 0.25) is 0 Å². The molecule has 1 amide bonds. The molecule has 1 fully saturated rings. The number of piperazine rings is 1. The molecule has 1 aliphatic rings. The van der Waals surface area contributed by atoms with Crippen molar-refractivity contribution in [2.75, 3.05) is 44.1 Å². The van der Waals surface area contributed by atoms with Crippen LogP contribution in [0.1, 0.15) is 35.6 Å². The lowest BCUT2D eigenvalue weighted by atomic mass is 10.1. The lowest BCUT2D eigenvalue weighted by molar-refractivity contribution is 0.102. The molecule has 3 aromatic rings. The molecular weight excluding hydrogens is 472 g/mol. The summed E-state index contributed by atoms with van der Waals surface area (Å²) < 4.78 is 10.7. The Bertz CT molecular complexity index is 1220. The molecule has 0 spiro atoms. The maximum absolute atomic E-state index is 12.7. The van der Waals surface area contributed by atoms with Crippen LogP contribution >= 0.6 is 0 Å². The first-order valence-corrected chi connectivity index (χ1v) is 12.2. The van der Waals surface area contributed by atoms with Gasteiger partial charge in [-0.2, -0.15) is 10.4 Å². The monoisotopic (exact) mass is 504 g/mol. The second-order valence-corrected chi connectivity index (χ2v) is 9.15. The summed E-state index contributed by atoms with van der Waals surface area (Å²) in [4.78, 5) is 25.8. The van der Waals surface area contributed by atoms with E-state index in [1.165, 1.54) is 6.20 Å². The molecule has 0 aliphatic carbocycles. The van der Waals surface area contributed by atoms with Gasteiger partial charge in [-0.3, -0.25) is 14.8 Å². The van der Waals surface area contributed by atoms with Gasteiger partial charge in [-0.15, -0.1) is 0 Å². The largest absolute Gasteiger partial charge is 0.497 e. The van der Waals surface area contributed by atoms with Crippen LogP contribution in [0, 0.1) is 11.3 Å². The molecular formula is C26H32N8O3. The van der Waals surface area contributed by atoms with Crippen molar-refractivity contribution in [2.45, 2.75) is 38.8 Å². The number of nitrogens with zero attached hydrogens (tertiary/aromatic N) is 6. The van der Waals surface area contributed by atoms with E-state index in [2.05, 4.69) is 55.2 Å². The Kier molecular flexibility index (Phi) is 8.20. The van der Waals surface area contributed by atoms with Crippen molar-refractivity contribution in [2.24, 2.45) is 0 Å². The van der Waals surface area contributed by atoms with Crippen molar-refractivity contribution in [3.63, 3.8) is 0 Å². The Morgan fingerprint density at radius 3 is 2.38 bits per heavy atom. The van der Waals surface area contributed by atoms with E-state index in [9.17, 15) is 4.79 Å². The number of hydrogen-bond donors (Lipinski definition) is 2. The number of ether oxygens (including phenoxy) is 2. The summed E-state index contributed by atoms with van der Waals surface area (Å²) in [5.41, 5.74) is 2.17. The number of hydrogen-bond acceptors (Lipinski definition) is 9. The van der Waals surface area contributed by atoms with Crippen molar-refractivity contribution in [1.29, 1.82) is 5.26 Å². The summed E-state index contributed by atoms with van der Waals surface area (Å²) in [6, 6.07) is 10.2. The van der Waals surface area contributed by atoms with Gasteiger partial charge in [0.05, 0.1) is 39.2 Å². The average molecular weight is 505 g/mol. The van der Waals surface area contributed by atoms with Gasteiger partial charge in [0.1, 0.15) is 23.0 Å². The molecule has 4 rings (SSSR count). The van der Waals surface area contributed by atoms with E-state index in [4.69, 9.17) is 14.7 Å². The van der Waals surface area contributed by atoms with Crippen LogP contribution in [0.25, 0.3) is 0 Å². The van der Waals surface area contributed by atoms with Crippen LogP contribution < -0.4 is 19.7 Å². The van der Waals surface area contributed by atoms with Crippen LogP contribution in [0.15, 0.2) is 36.7 Å². The Morgan fingerprint density at radius 1 is 1.08 bits per heavy atom. The summed E-state index contributed by atoms with van der Waals surface area (Å²) >= 11 is 0. The van der Waals surface area contributed by atoms with Gasteiger partial charge in [0.25, 0.3) is 5.91 Å². The van der Waals surface area contributed by atoms with E-state index in [0.29, 0.717) is 24.6 Å². The van der Waals surface area contributed by atoms with Gasteiger partial charge in [-0.05, 0) is 44.4 Å². The van der Waals surface area contributed by atoms with Crippen LogP contribution in [-0.4, -0.2) is 76.9 Å². The Morgan fingerprint density at radius 2 is 1.78 bits per heavy atom. The average Bonchev–Trinajstić information content (AvgIpc) is 3.36. The standard InChI is InChI=1S/C26H32N8O3/c1-17-15-33(16-18(2)34(17)8-7-27)25-14-28-23(13-29-25)26(35)30-24-11-20(31-32-24)6-5-19-9-21(36-3)12-22(10-19)37-4/h9-14,17-18H,5-6,8,15-16H2,1-4H3,(H2,30,31,32,35)/t17-,18+. The van der Waals surface area contributed by atoms with Crippen molar-refractivity contribution in [3.8, 4) is 17.6 Å². The molecule has 3 heterocycles. The van der Waals surface area contributed by atoms with Crippen molar-refractivity contribution < 1.29 is 14.3 Å². The number of carbonyl (C=O) groups excluding carboxylic acids is 1. The van der Waals surface area contributed by atoms with E-state index < -0.39 is 0 Å². The van der Waals surface area contributed by atoms with Crippen molar-refractivity contribution >= 4 is 17.5 Å². The van der Waals surface area contributed by atoms with E-state index >= 15 is 0 Å². The normalized spacial score (nSPS) is 17.8. The molecule has 0 unspecified atom stereocenters. The zero-order valence-corrected chi connectivity index (χ0v) is 21.6. The first kappa shape index (κ1) is 25.9. The van der Waals surface area contributed by atoms with Gasteiger partial charge < -0.3 is 19.7 Å². The fourth-order valence-electron chi connectivity index (χ4n) is 4.56. The predicted octanol–water partition coefficient (Wildman–Crippen LogP) is 2.68. The van der Waals surface area contributed by atoms with Crippen LogP contribution in [-0.2, 0) is 12.8 Å². The number of H-pyrrole nitrogens is 1. The zero-order valence-electron chi connectivity index (χ0n) is 21.6. The number of aromatic amines is 1. The molecule has 194 valence electrons. The topological polar surface area (TPSA) is 132 Å². The van der Waals surface area contributed by atoms with Gasteiger partial charge in [-0.1, -0.05) is 0 Å². The molecule has 0 bridgehead atoms. The number of benzene rings is 1. The molecule has 0 saturated carbocycles. The van der Waals surface area contributed by atoms with Crippen LogP contribution in [0.3, 0.4) is 0 Å². The molecule has 0 radical (unpaired) electrons. The van der Waals surface area contributed by atoms with Gasteiger partial charge in [-0.25, -0.2) is 9.97 Å². The molecule has 1 saturated heterocycles. The highest BCUT2D eigenvalue weighted by molar-refractivity contribution is 6.02. The Balaban J connectivity index is 1.33. The summed E-state index contributed by atoms with van der Waals surface area (Å²) in [7, 11) is 3.25. The van der Waals surface area contributed by atoms with Crippen LogP contribution in [0.5, 0.6) is 11.5 Å². The van der Waals surface area contributed by atoms with Crippen molar-refractivity contribution in [1.82, 2.24) is 25.1 Å². The Hall–Kier alpha value is -4.17. The minimum absolute atomic E-state index is 0.209. The number of carbonyl (C=O) groups is 1. The number of anilines is 2. The molecule has 1 aromatic carbocycles. The third-order valence-corrected chi connectivity index (χ3v) is 6.52. The highest BCUT2D eigenvalue weighted by atomic mass is 16.5. The number of methoxy groups -OCH3 is 2. The minimum Gasteiger partial charge on any atom is -0.497 e. The predicted molar refractivity (Wildman–Crippen MR) is 139 cm³/mol. The number of rotatable bonds is 9. The second-order valence-electron chi connectivity index (χ2n) is 9.15. The highest BCUT2D eigenvalue weighted by Gasteiger charge is 2.30. The fourth-order valence-corrected chi connectivity index (χ4v) is 4.56. The SMILES string of the molecule is COc1cc(CCc2cc(NC(=O)c3cnc(N4C[C@@H](C)N(CC#N)[C@@H](C)C4)cn3)n[nH]2)cc(OC)c1. The molecule has 2 N–H and O–H groups in total. The van der Waals surface area contributed by atoms with Gasteiger partial charge in [0, 0.05) is 43.0 Å². The quantitative estimate of drug-likeness (QED) is 0.422. The second kappa shape index (κ2) is 11.7. The zero-order chi connectivity index (χ0) is 26.4. The summed E-state index contributed by atoms with van der Waals surface area (Å²) in [6.07, 6.45) is 4.54. The minimum atomic E-state index is -0.379. The molecule has 11 heteroatoms. The first-order chi connectivity index (χ1) is 17.9. The number of nitriles is 1. The number of aryl methyl sites for hydroxylation is 2. The smallest absolute Gasteiger partial charge is 0.277 e. The first-order valence-electron chi connectivity index (χ1n) is 12.2. The van der Waals surface area contributed by atoms with Crippen LogP contribution in [0.4, 0.5) is 11.6 Å². The van der Waals surface area contributed by atoms with E-state index in [1.54, 1.807) is 26.5 Å². The number of amides is 1. The number of aromatic nitrogens is 4. The molecule has 2 aromatic heterocycles. The maximum atomic E-state index is 12.7. The number of nitrogens with one attached hydrogen (secondary N) is 2. The summed E-state index contributed by atoms with van der Waals surface area (Å²) in [6.45, 7) is 6.09. The van der Waals surface area contributed by atoms with E-state index in [1.807, 2.05) is 18.2 Å². The van der Waals surface area contributed by atoms with Gasteiger partial charge >= 0.3 is 0 Å². The Labute approximate surface area is 216 Å². The third kappa shape index (κ3) is 6.34. The molecule has 2 atom stereocenters. The molecule has 37 heavy (non-hydrogen) atoms. The highest BCUT2D eigenvalue weighted by Crippen LogP contribution is 2.24. The lowest BCUT2D eigenvalue weighted by Gasteiger charge is -2.43. The van der Waals surface area contributed by atoms with Gasteiger partial charge in [0.15, 0.2) is 5.82 Å². The molecule has 11 nitrogen and oxygen atoms in total. The third-order valence-electron chi connectivity index (χ3n) is 6.52. The summed E-state index contributed by atoms with van der Waals surface area (Å²) in [5.74, 6) is 2.23. The van der Waals surface area contributed by atoms with Crippen molar-refractivity contribution in [3.05, 3.63) is 53.6 Å².